The van der Waals surface area contributed by atoms with Crippen molar-refractivity contribution in [2.24, 2.45) is 5.41 Å². The molecule has 1 heterocycles. The van der Waals surface area contributed by atoms with E-state index in [4.69, 9.17) is 0 Å². The van der Waals surface area contributed by atoms with Crippen LogP contribution >= 0.6 is 15.9 Å². The molecule has 1 aliphatic heterocycles. The lowest BCUT2D eigenvalue weighted by Crippen LogP contribution is -2.32. The predicted molar refractivity (Wildman–Crippen MR) is 82.4 cm³/mol. The van der Waals surface area contributed by atoms with Crippen LogP contribution in [-0.4, -0.2) is 23.9 Å². The van der Waals surface area contributed by atoms with E-state index >= 15 is 0 Å². The van der Waals surface area contributed by atoms with E-state index in [0.29, 0.717) is 5.41 Å². The molecule has 0 aliphatic carbocycles. The number of benzene rings is 1. The Labute approximate surface area is 124 Å². The Morgan fingerprint density at radius 3 is 2.68 bits per heavy atom. The van der Waals surface area contributed by atoms with Crippen molar-refractivity contribution in [1.29, 1.82) is 0 Å². The maximum absolute atomic E-state index is 12.5. The number of hydrogen-bond acceptors (Lipinski definition) is 1. The fourth-order valence-corrected chi connectivity index (χ4v) is 2.91. The summed E-state index contributed by atoms with van der Waals surface area (Å²) in [5.74, 6) is 0.165. The van der Waals surface area contributed by atoms with E-state index in [-0.39, 0.29) is 5.91 Å². The highest BCUT2D eigenvalue weighted by molar-refractivity contribution is 9.10. The third-order valence-electron chi connectivity index (χ3n) is 4.05. The van der Waals surface area contributed by atoms with Gasteiger partial charge in [0.05, 0.1) is 0 Å². The molecule has 1 aromatic carbocycles. The van der Waals surface area contributed by atoms with E-state index in [0.717, 1.165) is 41.5 Å². The van der Waals surface area contributed by atoms with E-state index < -0.39 is 0 Å². The zero-order valence-electron chi connectivity index (χ0n) is 12.0. The zero-order valence-corrected chi connectivity index (χ0v) is 13.6. The number of aryl methyl sites for hydroxylation is 1. The molecule has 0 radical (unpaired) electrons. The highest BCUT2D eigenvalue weighted by atomic mass is 79.9. The summed E-state index contributed by atoms with van der Waals surface area (Å²) in [7, 11) is 0. The van der Waals surface area contributed by atoms with Crippen molar-refractivity contribution in [3.8, 4) is 0 Å². The number of halogens is 1. The third-order valence-corrected chi connectivity index (χ3v) is 4.90. The standard InChI is InChI=1S/C16H22BrNO/c1-12-5-6-13(11-14(12)17)15(19)18-9-4-7-16(2,3)8-10-18/h5-6,11H,4,7-10H2,1-3H3. The maximum Gasteiger partial charge on any atom is 0.253 e. The fourth-order valence-electron chi connectivity index (χ4n) is 2.53. The minimum Gasteiger partial charge on any atom is -0.339 e. The van der Waals surface area contributed by atoms with Gasteiger partial charge in [-0.15, -0.1) is 0 Å². The van der Waals surface area contributed by atoms with Crippen molar-refractivity contribution < 1.29 is 4.79 Å². The Hall–Kier alpha value is -0.830. The lowest BCUT2D eigenvalue weighted by Gasteiger charge is -2.23. The summed E-state index contributed by atoms with van der Waals surface area (Å²) in [6.45, 7) is 8.38. The highest BCUT2D eigenvalue weighted by Crippen LogP contribution is 2.30. The molecule has 3 heteroatoms. The molecule has 1 aromatic rings. The molecule has 0 bridgehead atoms. The first kappa shape index (κ1) is 14.6. The van der Waals surface area contributed by atoms with Crippen molar-refractivity contribution in [2.45, 2.75) is 40.0 Å². The summed E-state index contributed by atoms with van der Waals surface area (Å²) >= 11 is 3.50. The Balaban J connectivity index is 2.13. The van der Waals surface area contributed by atoms with Crippen LogP contribution in [0.3, 0.4) is 0 Å². The second kappa shape index (κ2) is 5.66. The quantitative estimate of drug-likeness (QED) is 0.749. The van der Waals surface area contributed by atoms with Crippen molar-refractivity contribution in [3.05, 3.63) is 33.8 Å². The second-order valence-corrected chi connectivity index (χ2v) is 7.13. The van der Waals surface area contributed by atoms with Crippen molar-refractivity contribution in [1.82, 2.24) is 4.90 Å². The van der Waals surface area contributed by atoms with Crippen LogP contribution in [0, 0.1) is 12.3 Å². The van der Waals surface area contributed by atoms with Gasteiger partial charge in [0.1, 0.15) is 0 Å². The van der Waals surface area contributed by atoms with Crippen LogP contribution in [0.4, 0.5) is 0 Å². The monoisotopic (exact) mass is 323 g/mol. The summed E-state index contributed by atoms with van der Waals surface area (Å²) in [5.41, 5.74) is 2.31. The first-order chi connectivity index (χ1) is 8.89. The van der Waals surface area contributed by atoms with Gasteiger partial charge in [0.15, 0.2) is 0 Å². The normalized spacial score (nSPS) is 19.1. The van der Waals surface area contributed by atoms with Gasteiger partial charge < -0.3 is 4.90 Å². The fraction of sp³-hybridized carbons (Fsp3) is 0.562. The van der Waals surface area contributed by atoms with Crippen molar-refractivity contribution in [3.63, 3.8) is 0 Å². The van der Waals surface area contributed by atoms with Gasteiger partial charge in [-0.05, 0) is 49.3 Å². The van der Waals surface area contributed by atoms with Crippen LogP contribution in [0.2, 0.25) is 0 Å². The third kappa shape index (κ3) is 3.59. The Morgan fingerprint density at radius 2 is 2.00 bits per heavy atom. The number of likely N-dealkylation sites (tertiary alicyclic amines) is 1. The molecular formula is C16H22BrNO. The molecule has 0 unspecified atom stereocenters. The minimum atomic E-state index is 0.165. The molecule has 1 aliphatic rings. The van der Waals surface area contributed by atoms with Gasteiger partial charge in [-0.1, -0.05) is 35.8 Å². The number of hydrogen-bond donors (Lipinski definition) is 0. The van der Waals surface area contributed by atoms with Crippen LogP contribution in [0.5, 0.6) is 0 Å². The van der Waals surface area contributed by atoms with Crippen LogP contribution in [-0.2, 0) is 0 Å². The number of nitrogens with zero attached hydrogens (tertiary/aromatic N) is 1. The Kier molecular flexibility index (Phi) is 4.34. The van der Waals surface area contributed by atoms with Crippen LogP contribution in [0.1, 0.15) is 49.0 Å². The Morgan fingerprint density at radius 1 is 1.26 bits per heavy atom. The van der Waals surface area contributed by atoms with Crippen molar-refractivity contribution >= 4 is 21.8 Å². The molecule has 0 saturated carbocycles. The lowest BCUT2D eigenvalue weighted by molar-refractivity contribution is 0.0757. The lowest BCUT2D eigenvalue weighted by atomic mass is 9.85. The highest BCUT2D eigenvalue weighted by Gasteiger charge is 2.25. The maximum atomic E-state index is 12.5. The van der Waals surface area contributed by atoms with Gasteiger partial charge in [-0.2, -0.15) is 0 Å². The average Bonchev–Trinajstić information content (AvgIpc) is 2.53. The molecule has 0 atom stereocenters. The predicted octanol–water partition coefficient (Wildman–Crippen LogP) is 4.41. The van der Waals surface area contributed by atoms with E-state index in [1.165, 1.54) is 6.42 Å². The molecule has 2 rings (SSSR count). The van der Waals surface area contributed by atoms with E-state index in [1.807, 2.05) is 30.0 Å². The van der Waals surface area contributed by atoms with Crippen molar-refractivity contribution in [2.75, 3.05) is 13.1 Å². The van der Waals surface area contributed by atoms with Gasteiger partial charge in [0, 0.05) is 23.1 Å². The summed E-state index contributed by atoms with van der Waals surface area (Å²) < 4.78 is 1.01. The first-order valence-electron chi connectivity index (χ1n) is 6.94. The summed E-state index contributed by atoms with van der Waals surface area (Å²) in [5, 5.41) is 0. The smallest absolute Gasteiger partial charge is 0.253 e. The van der Waals surface area contributed by atoms with E-state index in [1.54, 1.807) is 0 Å². The van der Waals surface area contributed by atoms with Gasteiger partial charge in [0.25, 0.3) is 5.91 Å². The number of carbonyl (C=O) groups is 1. The SMILES string of the molecule is Cc1ccc(C(=O)N2CCCC(C)(C)CC2)cc1Br. The first-order valence-corrected chi connectivity index (χ1v) is 7.74. The molecule has 0 N–H and O–H groups in total. The minimum absolute atomic E-state index is 0.165. The molecule has 1 fully saturated rings. The summed E-state index contributed by atoms with van der Waals surface area (Å²) in [4.78, 5) is 14.5. The number of rotatable bonds is 1. The Bertz CT molecular complexity index is 482. The number of carbonyl (C=O) groups excluding carboxylic acids is 1. The van der Waals surface area contributed by atoms with Crippen LogP contribution < -0.4 is 0 Å². The molecule has 104 valence electrons. The van der Waals surface area contributed by atoms with Gasteiger partial charge in [0.2, 0.25) is 0 Å². The molecule has 1 amide bonds. The molecule has 0 aromatic heterocycles. The van der Waals surface area contributed by atoms with E-state index in [2.05, 4.69) is 29.8 Å². The van der Waals surface area contributed by atoms with Gasteiger partial charge in [-0.25, -0.2) is 0 Å². The molecule has 19 heavy (non-hydrogen) atoms. The largest absolute Gasteiger partial charge is 0.339 e. The van der Waals surface area contributed by atoms with Crippen LogP contribution in [0.25, 0.3) is 0 Å². The second-order valence-electron chi connectivity index (χ2n) is 6.27. The summed E-state index contributed by atoms with van der Waals surface area (Å²) in [6.07, 6.45) is 3.39. The average molecular weight is 324 g/mol. The molecule has 0 spiro atoms. The topological polar surface area (TPSA) is 20.3 Å². The zero-order chi connectivity index (χ0) is 14.0. The van der Waals surface area contributed by atoms with E-state index in [9.17, 15) is 4.79 Å². The molecule has 2 nitrogen and oxygen atoms in total. The molecular weight excluding hydrogens is 302 g/mol. The molecule has 1 saturated heterocycles. The van der Waals surface area contributed by atoms with Crippen LogP contribution in [0.15, 0.2) is 22.7 Å². The number of amides is 1. The summed E-state index contributed by atoms with van der Waals surface area (Å²) in [6, 6.07) is 5.87. The van der Waals surface area contributed by atoms with Gasteiger partial charge >= 0.3 is 0 Å². The van der Waals surface area contributed by atoms with Gasteiger partial charge in [-0.3, -0.25) is 4.79 Å².